The third kappa shape index (κ3) is 2.27. The average molecular weight is 447 g/mol. The quantitative estimate of drug-likeness (QED) is 0.240. The van der Waals surface area contributed by atoms with Crippen LogP contribution in [-0.4, -0.2) is 4.98 Å². The van der Waals surface area contributed by atoms with Gasteiger partial charge in [-0.25, -0.2) is 0 Å². The van der Waals surface area contributed by atoms with E-state index < -0.39 is 0 Å². The first-order chi connectivity index (χ1) is 17.3. The maximum Gasteiger partial charge on any atom is 0.0716 e. The summed E-state index contributed by atoms with van der Waals surface area (Å²) >= 11 is 0. The van der Waals surface area contributed by atoms with Crippen molar-refractivity contribution in [2.45, 2.75) is 25.7 Å². The van der Waals surface area contributed by atoms with E-state index in [4.69, 9.17) is 4.98 Å². The van der Waals surface area contributed by atoms with Crippen molar-refractivity contribution in [3.05, 3.63) is 130 Å². The molecule has 3 heterocycles. The Morgan fingerprint density at radius 3 is 2.20 bits per heavy atom. The second-order valence-corrected chi connectivity index (χ2v) is 10.3. The van der Waals surface area contributed by atoms with Crippen LogP contribution in [0.25, 0.3) is 22.3 Å². The number of anilines is 3. The second-order valence-electron chi connectivity index (χ2n) is 10.3. The highest BCUT2D eigenvalue weighted by atomic mass is 15.2. The van der Waals surface area contributed by atoms with E-state index in [2.05, 4.69) is 83.8 Å². The molecular formula is C33H22N2. The van der Waals surface area contributed by atoms with Crippen molar-refractivity contribution in [2.24, 2.45) is 0 Å². The van der Waals surface area contributed by atoms with E-state index in [9.17, 15) is 0 Å². The molecule has 164 valence electrons. The van der Waals surface area contributed by atoms with Gasteiger partial charge in [-0.05, 0) is 92.2 Å². The Morgan fingerprint density at radius 1 is 0.514 bits per heavy atom. The fourth-order valence-electron chi connectivity index (χ4n) is 7.07. The Hall–Kier alpha value is -4.17. The predicted molar refractivity (Wildman–Crippen MR) is 141 cm³/mol. The molecular weight excluding hydrogens is 424 g/mol. The number of rotatable bonds is 0. The van der Waals surface area contributed by atoms with Gasteiger partial charge in [-0.3, -0.25) is 4.98 Å². The number of aromatic nitrogens is 1. The van der Waals surface area contributed by atoms with Crippen LogP contribution in [0.2, 0.25) is 0 Å². The molecule has 0 bridgehead atoms. The van der Waals surface area contributed by atoms with Crippen LogP contribution >= 0.6 is 0 Å². The Balaban J connectivity index is 1.26. The SMILES string of the molecule is c1ccc2c(c1)Cc1c-2ccc2c1Cc1cc3c(cc1-2)N1c2ccccc2Cc2ccnc(c21)C3. The van der Waals surface area contributed by atoms with Crippen molar-refractivity contribution >= 4 is 17.1 Å². The van der Waals surface area contributed by atoms with Crippen LogP contribution < -0.4 is 4.90 Å². The number of hydrogen-bond acceptors (Lipinski definition) is 2. The highest BCUT2D eigenvalue weighted by Crippen LogP contribution is 2.53. The van der Waals surface area contributed by atoms with Crippen LogP contribution in [0.4, 0.5) is 17.1 Å². The van der Waals surface area contributed by atoms with E-state index in [1.54, 1.807) is 0 Å². The largest absolute Gasteiger partial charge is 0.308 e. The molecule has 1 aromatic heterocycles. The summed E-state index contributed by atoms with van der Waals surface area (Å²) in [5, 5.41) is 0. The van der Waals surface area contributed by atoms with Gasteiger partial charge in [-0.2, -0.15) is 0 Å². The van der Waals surface area contributed by atoms with Gasteiger partial charge in [-0.15, -0.1) is 0 Å². The number of fused-ring (bicyclic) bond motifs is 11. The lowest BCUT2D eigenvalue weighted by Gasteiger charge is -2.39. The first kappa shape index (κ1) is 18.2. The monoisotopic (exact) mass is 446 g/mol. The van der Waals surface area contributed by atoms with Crippen LogP contribution in [0, 0.1) is 0 Å². The van der Waals surface area contributed by atoms with Crippen molar-refractivity contribution in [3.8, 4) is 22.3 Å². The molecule has 2 aliphatic carbocycles. The molecule has 0 saturated heterocycles. The lowest BCUT2D eigenvalue weighted by Crippen LogP contribution is -2.25. The van der Waals surface area contributed by atoms with Crippen LogP contribution in [0.15, 0.2) is 85.1 Å². The zero-order chi connectivity index (χ0) is 22.7. The van der Waals surface area contributed by atoms with Gasteiger partial charge in [0.05, 0.1) is 17.1 Å². The van der Waals surface area contributed by atoms with Gasteiger partial charge in [0.15, 0.2) is 0 Å². The van der Waals surface area contributed by atoms with Gasteiger partial charge >= 0.3 is 0 Å². The maximum absolute atomic E-state index is 4.85. The summed E-state index contributed by atoms with van der Waals surface area (Å²) < 4.78 is 0. The van der Waals surface area contributed by atoms with Crippen molar-refractivity contribution in [2.75, 3.05) is 4.90 Å². The Morgan fingerprint density at radius 2 is 1.29 bits per heavy atom. The van der Waals surface area contributed by atoms with E-state index >= 15 is 0 Å². The van der Waals surface area contributed by atoms with Crippen molar-refractivity contribution < 1.29 is 0 Å². The summed E-state index contributed by atoms with van der Waals surface area (Å²) in [7, 11) is 0. The highest BCUT2D eigenvalue weighted by molar-refractivity contribution is 5.93. The third-order valence-electron chi connectivity index (χ3n) is 8.59. The van der Waals surface area contributed by atoms with E-state index in [1.807, 2.05) is 6.20 Å². The molecule has 0 saturated carbocycles. The molecule has 0 radical (unpaired) electrons. The number of hydrogen-bond donors (Lipinski definition) is 0. The molecule has 35 heavy (non-hydrogen) atoms. The summed E-state index contributed by atoms with van der Waals surface area (Å²) in [6.07, 6.45) is 5.97. The molecule has 0 fully saturated rings. The van der Waals surface area contributed by atoms with Gasteiger partial charge in [0.2, 0.25) is 0 Å². The number of para-hydroxylation sites is 1. The van der Waals surface area contributed by atoms with Gasteiger partial charge in [0.1, 0.15) is 0 Å². The number of pyridine rings is 1. The van der Waals surface area contributed by atoms with Crippen LogP contribution in [0.5, 0.6) is 0 Å². The lowest BCUT2D eigenvalue weighted by molar-refractivity contribution is 0.958. The van der Waals surface area contributed by atoms with Crippen LogP contribution in [0.3, 0.4) is 0 Å². The number of benzene rings is 4. The van der Waals surface area contributed by atoms with Gasteiger partial charge < -0.3 is 4.90 Å². The molecule has 2 nitrogen and oxygen atoms in total. The fraction of sp³-hybridized carbons (Fsp3) is 0.121. The highest BCUT2D eigenvalue weighted by Gasteiger charge is 2.35. The van der Waals surface area contributed by atoms with Gasteiger partial charge in [0.25, 0.3) is 0 Å². The van der Waals surface area contributed by atoms with Crippen molar-refractivity contribution in [1.82, 2.24) is 4.98 Å². The maximum atomic E-state index is 4.85. The van der Waals surface area contributed by atoms with Crippen LogP contribution in [0.1, 0.15) is 44.6 Å². The molecule has 4 aliphatic rings. The molecule has 0 spiro atoms. The molecule has 0 N–H and O–H groups in total. The van der Waals surface area contributed by atoms with E-state index in [0.29, 0.717) is 0 Å². The fourth-order valence-corrected chi connectivity index (χ4v) is 7.07. The van der Waals surface area contributed by atoms with E-state index in [1.165, 1.54) is 84.0 Å². The summed E-state index contributed by atoms with van der Waals surface area (Å²) in [6, 6.07) is 29.7. The summed E-state index contributed by atoms with van der Waals surface area (Å²) in [5.41, 5.74) is 21.0. The molecule has 0 amide bonds. The molecule has 2 aliphatic heterocycles. The standard InChI is InChI=1S/C33H22N2/c1-3-7-24-19(5-1)15-28-25(24)9-10-26-27-18-32-23(14-22(27)16-29(26)28)17-30-33-21(11-12-34-30)13-20-6-2-4-8-31(20)35(32)33/h1-12,14,18H,13,15-17H2. The normalized spacial score (nSPS) is 14.9. The molecule has 2 heteroatoms. The Kier molecular flexibility index (Phi) is 3.27. The number of nitrogens with zero attached hydrogens (tertiary/aromatic N) is 2. The minimum atomic E-state index is 0.907. The van der Waals surface area contributed by atoms with Gasteiger partial charge in [0, 0.05) is 24.7 Å². The topological polar surface area (TPSA) is 16.1 Å². The van der Waals surface area contributed by atoms with Crippen LogP contribution in [-0.2, 0) is 25.7 Å². The molecule has 4 aromatic carbocycles. The summed E-state index contributed by atoms with van der Waals surface area (Å²) in [5.74, 6) is 0. The van der Waals surface area contributed by atoms with Crippen molar-refractivity contribution in [3.63, 3.8) is 0 Å². The molecule has 5 aromatic rings. The summed E-state index contributed by atoms with van der Waals surface area (Å²) in [6.45, 7) is 0. The van der Waals surface area contributed by atoms with Crippen molar-refractivity contribution in [1.29, 1.82) is 0 Å². The average Bonchev–Trinajstić information content (AvgIpc) is 3.45. The molecule has 0 atom stereocenters. The first-order valence-corrected chi connectivity index (χ1v) is 12.6. The third-order valence-corrected chi connectivity index (χ3v) is 8.59. The zero-order valence-electron chi connectivity index (χ0n) is 19.3. The van der Waals surface area contributed by atoms with Gasteiger partial charge in [-0.1, -0.05) is 60.7 Å². The first-order valence-electron chi connectivity index (χ1n) is 12.6. The predicted octanol–water partition coefficient (Wildman–Crippen LogP) is 7.50. The second kappa shape index (κ2) is 6.28. The molecule has 9 rings (SSSR count). The summed E-state index contributed by atoms with van der Waals surface area (Å²) in [4.78, 5) is 7.34. The Labute approximate surface area is 204 Å². The molecule has 0 unspecified atom stereocenters. The van der Waals surface area contributed by atoms with E-state index in [-0.39, 0.29) is 0 Å². The minimum absolute atomic E-state index is 0.907. The zero-order valence-corrected chi connectivity index (χ0v) is 19.3. The lowest BCUT2D eigenvalue weighted by atomic mass is 9.87. The minimum Gasteiger partial charge on any atom is -0.308 e. The van der Waals surface area contributed by atoms with E-state index in [0.717, 1.165) is 25.7 Å². The smallest absolute Gasteiger partial charge is 0.0716 e. The Bertz CT molecular complexity index is 1760.